The normalized spacial score (nSPS) is 15.3. The molecule has 1 heterocycles. The molecular formula is C15H17F2N5OS. The maximum absolute atomic E-state index is 13.4. The van der Waals surface area contributed by atoms with Gasteiger partial charge in [-0.25, -0.2) is 13.5 Å². The Kier molecular flexibility index (Phi) is 4.79. The molecular weight excluding hydrogens is 336 g/mol. The largest absolute Gasteiger partial charge is 0.338 e. The summed E-state index contributed by atoms with van der Waals surface area (Å²) in [7, 11) is 1.64. The lowest BCUT2D eigenvalue weighted by Gasteiger charge is -2.25. The number of halogens is 2. The molecule has 24 heavy (non-hydrogen) atoms. The summed E-state index contributed by atoms with van der Waals surface area (Å²) >= 11 is 1.28. The summed E-state index contributed by atoms with van der Waals surface area (Å²) in [5, 5.41) is 12.1. The van der Waals surface area contributed by atoms with E-state index in [1.807, 2.05) is 0 Å². The molecule has 1 aromatic heterocycles. The van der Waals surface area contributed by atoms with Gasteiger partial charge in [-0.15, -0.1) is 5.10 Å². The summed E-state index contributed by atoms with van der Waals surface area (Å²) in [6, 6.07) is 3.64. The molecule has 0 radical (unpaired) electrons. The third kappa shape index (κ3) is 3.55. The van der Waals surface area contributed by atoms with Gasteiger partial charge in [0.15, 0.2) is 11.6 Å². The van der Waals surface area contributed by atoms with Gasteiger partial charge in [0.25, 0.3) is 0 Å². The van der Waals surface area contributed by atoms with E-state index in [4.69, 9.17) is 0 Å². The Morgan fingerprint density at radius 1 is 1.42 bits per heavy atom. The number of thioether (sulfide) groups is 1. The van der Waals surface area contributed by atoms with E-state index in [0.29, 0.717) is 16.8 Å². The number of rotatable bonds is 6. The lowest BCUT2D eigenvalue weighted by Crippen LogP contribution is -2.31. The van der Waals surface area contributed by atoms with Crippen molar-refractivity contribution in [2.24, 2.45) is 0 Å². The third-order valence-electron chi connectivity index (χ3n) is 4.08. The van der Waals surface area contributed by atoms with Crippen molar-refractivity contribution < 1.29 is 13.6 Å². The van der Waals surface area contributed by atoms with Crippen molar-refractivity contribution in [2.45, 2.75) is 37.0 Å². The number of nitrogens with zero attached hydrogens (tertiary/aromatic N) is 5. The Labute approximate surface area is 142 Å². The maximum atomic E-state index is 13.4. The summed E-state index contributed by atoms with van der Waals surface area (Å²) in [5.74, 6) is -1.78. The quantitative estimate of drug-likeness (QED) is 0.747. The first kappa shape index (κ1) is 16.8. The highest BCUT2D eigenvalue weighted by Crippen LogP contribution is 2.36. The predicted octanol–water partition coefficient (Wildman–Crippen LogP) is 2.60. The fourth-order valence-corrected chi connectivity index (χ4v) is 3.14. The van der Waals surface area contributed by atoms with Gasteiger partial charge < -0.3 is 4.90 Å². The van der Waals surface area contributed by atoms with Crippen molar-refractivity contribution in [2.75, 3.05) is 12.8 Å². The number of hydrogen-bond donors (Lipinski definition) is 0. The molecule has 0 bridgehead atoms. The number of carbonyl (C=O) groups is 1. The standard InChI is InChI=1S/C15H17F2N5OS/c1-9(10-3-6-12(16)13(17)7-10)21(2)14(23)8-24-15-18-19-20-22(15)11-4-5-11/h3,6-7,9,11H,4-5,8H2,1-2H3. The maximum Gasteiger partial charge on any atom is 0.233 e. The van der Waals surface area contributed by atoms with Crippen LogP contribution < -0.4 is 0 Å². The van der Waals surface area contributed by atoms with E-state index in [2.05, 4.69) is 15.5 Å². The zero-order valence-electron chi connectivity index (χ0n) is 13.3. The van der Waals surface area contributed by atoms with Crippen molar-refractivity contribution in [1.82, 2.24) is 25.1 Å². The molecule has 0 spiro atoms. The van der Waals surface area contributed by atoms with Gasteiger partial charge in [0.1, 0.15) is 0 Å². The van der Waals surface area contributed by atoms with Crippen LogP contribution in [-0.2, 0) is 4.79 Å². The number of tetrazole rings is 1. The highest BCUT2D eigenvalue weighted by atomic mass is 32.2. The summed E-state index contributed by atoms with van der Waals surface area (Å²) in [4.78, 5) is 13.9. The van der Waals surface area contributed by atoms with E-state index < -0.39 is 11.6 Å². The average Bonchev–Trinajstić information content (AvgIpc) is 3.32. The van der Waals surface area contributed by atoms with Gasteiger partial charge in [-0.05, 0) is 47.9 Å². The molecule has 9 heteroatoms. The third-order valence-corrected chi connectivity index (χ3v) is 5.00. The van der Waals surface area contributed by atoms with Crippen LogP contribution in [0.15, 0.2) is 23.4 Å². The van der Waals surface area contributed by atoms with Crippen LogP contribution in [0.5, 0.6) is 0 Å². The zero-order valence-corrected chi connectivity index (χ0v) is 14.1. The number of hydrogen-bond acceptors (Lipinski definition) is 5. The number of amides is 1. The predicted molar refractivity (Wildman–Crippen MR) is 84.4 cm³/mol. The molecule has 1 unspecified atom stereocenters. The highest BCUT2D eigenvalue weighted by Gasteiger charge is 2.28. The first-order valence-corrected chi connectivity index (χ1v) is 8.57. The van der Waals surface area contributed by atoms with E-state index in [1.165, 1.54) is 22.7 Å². The zero-order chi connectivity index (χ0) is 17.3. The minimum atomic E-state index is -0.918. The lowest BCUT2D eigenvalue weighted by atomic mass is 10.1. The second-order valence-electron chi connectivity index (χ2n) is 5.78. The second kappa shape index (κ2) is 6.84. The summed E-state index contributed by atoms with van der Waals surface area (Å²) in [6.07, 6.45) is 2.11. The highest BCUT2D eigenvalue weighted by molar-refractivity contribution is 7.99. The molecule has 1 aliphatic carbocycles. The molecule has 0 aliphatic heterocycles. The van der Waals surface area contributed by atoms with Gasteiger partial charge >= 0.3 is 0 Å². The van der Waals surface area contributed by atoms with Crippen molar-refractivity contribution in [3.8, 4) is 0 Å². The number of benzene rings is 1. The van der Waals surface area contributed by atoms with Gasteiger partial charge in [0, 0.05) is 7.05 Å². The SMILES string of the molecule is CC(c1ccc(F)c(F)c1)N(C)C(=O)CSc1nnnn1C1CC1. The van der Waals surface area contributed by atoms with Crippen molar-refractivity contribution >= 4 is 17.7 Å². The molecule has 128 valence electrons. The van der Waals surface area contributed by atoms with Crippen molar-refractivity contribution in [3.05, 3.63) is 35.4 Å². The van der Waals surface area contributed by atoms with E-state index in [1.54, 1.807) is 18.7 Å². The molecule has 2 aromatic rings. The van der Waals surface area contributed by atoms with E-state index in [0.717, 1.165) is 25.0 Å². The molecule has 1 aliphatic rings. The molecule has 1 amide bonds. The van der Waals surface area contributed by atoms with Gasteiger partial charge in [0.05, 0.1) is 17.8 Å². The molecule has 1 atom stereocenters. The van der Waals surface area contributed by atoms with Crippen LogP contribution >= 0.6 is 11.8 Å². The molecule has 1 aromatic carbocycles. The number of carbonyl (C=O) groups excluding carboxylic acids is 1. The first-order chi connectivity index (χ1) is 11.5. The molecule has 0 N–H and O–H groups in total. The summed E-state index contributed by atoms with van der Waals surface area (Å²) in [5.41, 5.74) is 0.539. The molecule has 0 saturated heterocycles. The summed E-state index contributed by atoms with van der Waals surface area (Å²) < 4.78 is 28.1. The van der Waals surface area contributed by atoms with Crippen molar-refractivity contribution in [1.29, 1.82) is 0 Å². The van der Waals surface area contributed by atoms with Crippen LogP contribution in [0.2, 0.25) is 0 Å². The Bertz CT molecular complexity index is 749. The van der Waals surface area contributed by atoms with Gasteiger partial charge in [-0.2, -0.15) is 0 Å². The van der Waals surface area contributed by atoms with Crippen molar-refractivity contribution in [3.63, 3.8) is 0 Å². The van der Waals surface area contributed by atoms with Crippen LogP contribution in [0.25, 0.3) is 0 Å². The van der Waals surface area contributed by atoms with Crippen LogP contribution in [0.3, 0.4) is 0 Å². The topological polar surface area (TPSA) is 63.9 Å². The Balaban J connectivity index is 1.61. The Morgan fingerprint density at radius 2 is 2.17 bits per heavy atom. The van der Waals surface area contributed by atoms with E-state index in [9.17, 15) is 13.6 Å². The molecule has 1 saturated carbocycles. The van der Waals surface area contributed by atoms with E-state index >= 15 is 0 Å². The lowest BCUT2D eigenvalue weighted by molar-refractivity contribution is -0.128. The summed E-state index contributed by atoms with van der Waals surface area (Å²) in [6.45, 7) is 1.77. The van der Waals surface area contributed by atoms with Crippen LogP contribution in [0, 0.1) is 11.6 Å². The first-order valence-electron chi connectivity index (χ1n) is 7.58. The van der Waals surface area contributed by atoms with Crippen LogP contribution in [-0.4, -0.2) is 43.8 Å². The fourth-order valence-electron chi connectivity index (χ4n) is 2.27. The smallest absolute Gasteiger partial charge is 0.233 e. The molecule has 1 fully saturated rings. The Morgan fingerprint density at radius 3 is 2.83 bits per heavy atom. The molecule has 3 rings (SSSR count). The van der Waals surface area contributed by atoms with Crippen LogP contribution in [0.1, 0.15) is 37.4 Å². The number of aromatic nitrogens is 4. The van der Waals surface area contributed by atoms with Gasteiger partial charge in [-0.3, -0.25) is 4.79 Å². The minimum absolute atomic E-state index is 0.136. The van der Waals surface area contributed by atoms with Crippen LogP contribution in [0.4, 0.5) is 8.78 Å². The monoisotopic (exact) mass is 353 g/mol. The van der Waals surface area contributed by atoms with Gasteiger partial charge in [-0.1, -0.05) is 17.8 Å². The average molecular weight is 353 g/mol. The minimum Gasteiger partial charge on any atom is -0.338 e. The van der Waals surface area contributed by atoms with Gasteiger partial charge in [0.2, 0.25) is 11.1 Å². The molecule has 6 nitrogen and oxygen atoms in total. The Hall–Kier alpha value is -2.03. The second-order valence-corrected chi connectivity index (χ2v) is 6.72. The fraction of sp³-hybridized carbons (Fsp3) is 0.467. The van der Waals surface area contributed by atoms with E-state index in [-0.39, 0.29) is 17.7 Å².